The molecule has 0 radical (unpaired) electrons. The van der Waals surface area contributed by atoms with Crippen molar-refractivity contribution in [3.63, 3.8) is 0 Å². The molecule has 2 N–H and O–H groups in total. The molecule has 0 saturated carbocycles. The highest BCUT2D eigenvalue weighted by Crippen LogP contribution is 2.21. The molecule has 5 nitrogen and oxygen atoms in total. The molecular weight excluding hydrogens is 338 g/mol. The van der Waals surface area contributed by atoms with Crippen molar-refractivity contribution < 1.29 is 9.59 Å². The quantitative estimate of drug-likeness (QED) is 0.726. The number of aromatic nitrogens is 1. The zero-order valence-electron chi connectivity index (χ0n) is 15.3. The van der Waals surface area contributed by atoms with Crippen LogP contribution in [0.2, 0.25) is 0 Å². The molecule has 136 valence electrons. The topological polar surface area (TPSA) is 71.1 Å². The van der Waals surface area contributed by atoms with E-state index in [0.717, 1.165) is 11.1 Å². The molecule has 0 atom stereocenters. The molecule has 2 amide bonds. The third-order valence-corrected chi connectivity index (χ3v) is 4.27. The lowest BCUT2D eigenvalue weighted by Crippen LogP contribution is -2.25. The van der Waals surface area contributed by atoms with E-state index in [2.05, 4.69) is 15.6 Å². The Labute approximate surface area is 158 Å². The van der Waals surface area contributed by atoms with Crippen molar-refractivity contribution >= 4 is 17.5 Å². The lowest BCUT2D eigenvalue weighted by atomic mass is 10.1. The molecule has 0 aliphatic rings. The molecule has 0 aliphatic heterocycles. The zero-order valence-corrected chi connectivity index (χ0v) is 15.3. The number of aryl methyl sites for hydroxylation is 2. The highest BCUT2D eigenvalue weighted by Gasteiger charge is 2.16. The number of nitrogens with one attached hydrogen (secondary N) is 2. The third kappa shape index (κ3) is 4.58. The summed E-state index contributed by atoms with van der Waals surface area (Å²) in [6, 6.07) is 16.6. The molecule has 3 rings (SSSR count). The average Bonchev–Trinajstić information content (AvgIpc) is 2.69. The number of pyridine rings is 1. The maximum absolute atomic E-state index is 12.7. The van der Waals surface area contributed by atoms with Gasteiger partial charge in [0.2, 0.25) is 0 Å². The van der Waals surface area contributed by atoms with Gasteiger partial charge in [0.05, 0.1) is 11.3 Å². The molecule has 0 fully saturated rings. The van der Waals surface area contributed by atoms with E-state index in [4.69, 9.17) is 0 Å². The van der Waals surface area contributed by atoms with Crippen LogP contribution in [0.3, 0.4) is 0 Å². The van der Waals surface area contributed by atoms with Gasteiger partial charge in [-0.05, 0) is 43.2 Å². The summed E-state index contributed by atoms with van der Waals surface area (Å²) in [5.41, 5.74) is 4.44. The van der Waals surface area contributed by atoms with Gasteiger partial charge < -0.3 is 10.6 Å². The molecular formula is C22H21N3O2. The number of rotatable bonds is 5. The zero-order chi connectivity index (χ0) is 19.2. The van der Waals surface area contributed by atoms with Crippen LogP contribution in [0, 0.1) is 13.8 Å². The number of hydrogen-bond donors (Lipinski definition) is 2. The molecule has 0 bridgehead atoms. The smallest absolute Gasteiger partial charge is 0.255 e. The maximum Gasteiger partial charge on any atom is 0.255 e. The Morgan fingerprint density at radius 1 is 0.889 bits per heavy atom. The second kappa shape index (κ2) is 8.27. The van der Waals surface area contributed by atoms with Crippen molar-refractivity contribution in [3.05, 3.63) is 94.8 Å². The van der Waals surface area contributed by atoms with E-state index in [0.29, 0.717) is 23.4 Å². The summed E-state index contributed by atoms with van der Waals surface area (Å²) in [6.07, 6.45) is 3.11. The van der Waals surface area contributed by atoms with E-state index in [1.165, 1.54) is 5.56 Å². The number of anilines is 1. The fourth-order valence-electron chi connectivity index (χ4n) is 2.70. The molecule has 0 unspecified atom stereocenters. The van der Waals surface area contributed by atoms with Crippen LogP contribution < -0.4 is 10.6 Å². The third-order valence-electron chi connectivity index (χ3n) is 4.27. The minimum Gasteiger partial charge on any atom is -0.348 e. The molecule has 2 aromatic carbocycles. The first-order chi connectivity index (χ1) is 13.0. The van der Waals surface area contributed by atoms with Crippen LogP contribution >= 0.6 is 0 Å². The Hall–Kier alpha value is -3.47. The van der Waals surface area contributed by atoms with Crippen molar-refractivity contribution in [2.75, 3.05) is 5.32 Å². The molecule has 3 aromatic rings. The SMILES string of the molecule is Cc1ccc(CNC(=O)c2cccc(C)c2NC(=O)c2ccncc2)cc1. The Bertz CT molecular complexity index is 951. The average molecular weight is 359 g/mol. The largest absolute Gasteiger partial charge is 0.348 e. The summed E-state index contributed by atoms with van der Waals surface area (Å²) in [7, 11) is 0. The predicted molar refractivity (Wildman–Crippen MR) is 106 cm³/mol. The summed E-state index contributed by atoms with van der Waals surface area (Å²) in [5, 5.41) is 5.77. The van der Waals surface area contributed by atoms with Gasteiger partial charge in [-0.15, -0.1) is 0 Å². The second-order valence-corrected chi connectivity index (χ2v) is 6.36. The fraction of sp³-hybridized carbons (Fsp3) is 0.136. The summed E-state index contributed by atoms with van der Waals surface area (Å²) in [6.45, 7) is 4.30. The van der Waals surface area contributed by atoms with Crippen LogP contribution in [0.25, 0.3) is 0 Å². The van der Waals surface area contributed by atoms with Crippen LogP contribution in [-0.4, -0.2) is 16.8 Å². The number of carbonyl (C=O) groups is 2. The number of hydrogen-bond acceptors (Lipinski definition) is 3. The van der Waals surface area contributed by atoms with Gasteiger partial charge in [0.15, 0.2) is 0 Å². The van der Waals surface area contributed by atoms with Crippen molar-refractivity contribution in [3.8, 4) is 0 Å². The summed E-state index contributed by atoms with van der Waals surface area (Å²) in [5.74, 6) is -0.511. The first-order valence-corrected chi connectivity index (χ1v) is 8.69. The number of nitrogens with zero attached hydrogens (tertiary/aromatic N) is 1. The Balaban J connectivity index is 1.77. The lowest BCUT2D eigenvalue weighted by molar-refractivity contribution is 0.0951. The monoisotopic (exact) mass is 359 g/mol. The van der Waals surface area contributed by atoms with Crippen molar-refractivity contribution in [1.29, 1.82) is 0 Å². The van der Waals surface area contributed by atoms with Gasteiger partial charge in [-0.1, -0.05) is 42.0 Å². The number of amides is 2. The number of carbonyl (C=O) groups excluding carboxylic acids is 2. The molecule has 27 heavy (non-hydrogen) atoms. The van der Waals surface area contributed by atoms with Gasteiger partial charge in [-0.25, -0.2) is 0 Å². The van der Waals surface area contributed by atoms with Crippen LogP contribution in [-0.2, 0) is 6.54 Å². The number of benzene rings is 2. The molecule has 5 heteroatoms. The predicted octanol–water partition coefficient (Wildman–Crippen LogP) is 3.88. The van der Waals surface area contributed by atoms with E-state index >= 15 is 0 Å². The standard InChI is InChI=1S/C22H21N3O2/c1-15-6-8-17(9-7-15)14-24-22(27)19-5-3-4-16(2)20(19)25-21(26)18-10-12-23-13-11-18/h3-13H,14H2,1-2H3,(H,24,27)(H,25,26). The minimum absolute atomic E-state index is 0.232. The first kappa shape index (κ1) is 18.3. The summed E-state index contributed by atoms with van der Waals surface area (Å²) < 4.78 is 0. The van der Waals surface area contributed by atoms with Crippen LogP contribution in [0.5, 0.6) is 0 Å². The van der Waals surface area contributed by atoms with E-state index in [-0.39, 0.29) is 11.8 Å². The van der Waals surface area contributed by atoms with E-state index in [9.17, 15) is 9.59 Å². The van der Waals surface area contributed by atoms with E-state index < -0.39 is 0 Å². The molecule has 0 saturated heterocycles. The van der Waals surface area contributed by atoms with Crippen LogP contribution in [0.4, 0.5) is 5.69 Å². The van der Waals surface area contributed by atoms with Gasteiger partial charge in [0.1, 0.15) is 0 Å². The summed E-state index contributed by atoms with van der Waals surface area (Å²) >= 11 is 0. The van der Waals surface area contributed by atoms with Crippen molar-refractivity contribution in [1.82, 2.24) is 10.3 Å². The molecule has 0 spiro atoms. The fourth-order valence-corrected chi connectivity index (χ4v) is 2.70. The highest BCUT2D eigenvalue weighted by molar-refractivity contribution is 6.09. The first-order valence-electron chi connectivity index (χ1n) is 8.69. The summed E-state index contributed by atoms with van der Waals surface area (Å²) in [4.78, 5) is 29.1. The lowest BCUT2D eigenvalue weighted by Gasteiger charge is -2.14. The van der Waals surface area contributed by atoms with Gasteiger partial charge in [0, 0.05) is 24.5 Å². The second-order valence-electron chi connectivity index (χ2n) is 6.36. The van der Waals surface area contributed by atoms with Gasteiger partial charge in [-0.3, -0.25) is 14.6 Å². The van der Waals surface area contributed by atoms with E-state index in [1.54, 1.807) is 36.7 Å². The highest BCUT2D eigenvalue weighted by atomic mass is 16.2. The maximum atomic E-state index is 12.7. The Morgan fingerprint density at radius 2 is 1.59 bits per heavy atom. The normalized spacial score (nSPS) is 10.3. The molecule has 0 aliphatic carbocycles. The molecule has 1 heterocycles. The van der Waals surface area contributed by atoms with E-state index in [1.807, 2.05) is 44.2 Å². The van der Waals surface area contributed by atoms with Gasteiger partial charge >= 0.3 is 0 Å². The van der Waals surface area contributed by atoms with Crippen LogP contribution in [0.1, 0.15) is 37.4 Å². The van der Waals surface area contributed by atoms with Crippen LogP contribution in [0.15, 0.2) is 67.0 Å². The van der Waals surface area contributed by atoms with Gasteiger partial charge in [-0.2, -0.15) is 0 Å². The number of para-hydroxylation sites is 1. The Kier molecular flexibility index (Phi) is 5.61. The molecule has 1 aromatic heterocycles. The Morgan fingerprint density at radius 3 is 2.30 bits per heavy atom. The van der Waals surface area contributed by atoms with Gasteiger partial charge in [0.25, 0.3) is 11.8 Å². The van der Waals surface area contributed by atoms with Crippen molar-refractivity contribution in [2.45, 2.75) is 20.4 Å². The minimum atomic E-state index is -0.278. The van der Waals surface area contributed by atoms with Crippen molar-refractivity contribution in [2.24, 2.45) is 0 Å².